The molecule has 3 atom stereocenters. The first kappa shape index (κ1) is 8.31. The lowest BCUT2D eigenvalue weighted by molar-refractivity contribution is 0.138. The van der Waals surface area contributed by atoms with Crippen molar-refractivity contribution in [2.24, 2.45) is 17.3 Å². The Morgan fingerprint density at radius 1 is 1.50 bits per heavy atom. The van der Waals surface area contributed by atoms with E-state index in [0.29, 0.717) is 17.3 Å². The third kappa shape index (κ3) is 0.957. The Morgan fingerprint density at radius 2 is 2.17 bits per heavy atom. The number of allylic oxidation sites excluding steroid dienone is 1. The minimum Gasteiger partial charge on any atom is -0.392 e. The van der Waals surface area contributed by atoms with Gasteiger partial charge in [-0.25, -0.2) is 0 Å². The van der Waals surface area contributed by atoms with E-state index in [4.69, 9.17) is 0 Å². The minimum absolute atomic E-state index is 0.0579. The highest BCUT2D eigenvalue weighted by Gasteiger charge is 2.48. The van der Waals surface area contributed by atoms with Crippen molar-refractivity contribution in [2.45, 2.75) is 39.7 Å². The highest BCUT2D eigenvalue weighted by molar-refractivity contribution is 5.28. The van der Waals surface area contributed by atoms with Crippen molar-refractivity contribution in [3.05, 3.63) is 11.6 Å². The van der Waals surface area contributed by atoms with Crippen molar-refractivity contribution in [3.63, 3.8) is 0 Å². The quantitative estimate of drug-likeness (QED) is 0.593. The molecule has 0 aromatic heterocycles. The molecule has 2 bridgehead atoms. The predicted molar refractivity (Wildman–Crippen MR) is 49.8 cm³/mol. The second-order valence-corrected chi connectivity index (χ2v) is 4.98. The summed E-state index contributed by atoms with van der Waals surface area (Å²) in [6.45, 7) is 6.81. The molecule has 0 saturated heterocycles. The molecule has 1 heteroatoms. The Kier molecular flexibility index (Phi) is 1.63. The maximum Gasteiger partial charge on any atom is 0.0611 e. The molecular formula is C11H18O. The Bertz CT molecular complexity index is 229. The predicted octanol–water partition coefficient (Wildman–Crippen LogP) is 2.36. The van der Waals surface area contributed by atoms with Crippen molar-refractivity contribution < 1.29 is 5.11 Å². The Labute approximate surface area is 74.5 Å². The molecule has 1 fully saturated rings. The maximum atomic E-state index is 9.64. The van der Waals surface area contributed by atoms with Crippen LogP contribution >= 0.6 is 0 Å². The second-order valence-electron chi connectivity index (χ2n) is 4.98. The fraction of sp³-hybridized carbons (Fsp3) is 0.818. The summed E-state index contributed by atoms with van der Waals surface area (Å²) in [6, 6.07) is 0. The van der Waals surface area contributed by atoms with Crippen molar-refractivity contribution in [1.29, 1.82) is 0 Å². The number of aliphatic hydroxyl groups is 1. The summed E-state index contributed by atoms with van der Waals surface area (Å²) >= 11 is 0. The van der Waals surface area contributed by atoms with E-state index in [9.17, 15) is 5.11 Å². The van der Waals surface area contributed by atoms with Gasteiger partial charge in [-0.2, -0.15) is 0 Å². The average Bonchev–Trinajstić information content (AvgIpc) is 2.38. The molecule has 0 radical (unpaired) electrons. The van der Waals surface area contributed by atoms with E-state index < -0.39 is 0 Å². The van der Waals surface area contributed by atoms with Crippen LogP contribution in [0.3, 0.4) is 0 Å². The van der Waals surface area contributed by atoms with E-state index in [2.05, 4.69) is 26.8 Å². The maximum absolute atomic E-state index is 9.64. The van der Waals surface area contributed by atoms with Crippen LogP contribution < -0.4 is 0 Å². The smallest absolute Gasteiger partial charge is 0.0611 e. The number of fused-ring (bicyclic) bond motifs is 2. The molecule has 0 amide bonds. The first-order valence-corrected chi connectivity index (χ1v) is 4.93. The van der Waals surface area contributed by atoms with E-state index in [1.807, 2.05) is 0 Å². The molecule has 0 aromatic rings. The molecule has 2 rings (SSSR count). The monoisotopic (exact) mass is 166 g/mol. The first-order chi connectivity index (χ1) is 5.53. The normalized spacial score (nSPS) is 45.6. The van der Waals surface area contributed by atoms with E-state index in [1.165, 1.54) is 6.42 Å². The van der Waals surface area contributed by atoms with Gasteiger partial charge in [0, 0.05) is 5.92 Å². The van der Waals surface area contributed by atoms with E-state index >= 15 is 0 Å². The SMILES string of the molecule is CC(C)C1=CC2CC1(C)CC2O. The van der Waals surface area contributed by atoms with E-state index in [-0.39, 0.29) is 6.10 Å². The van der Waals surface area contributed by atoms with Crippen LogP contribution in [0.2, 0.25) is 0 Å². The number of rotatable bonds is 1. The van der Waals surface area contributed by atoms with Crippen LogP contribution in [0, 0.1) is 17.3 Å². The Hall–Kier alpha value is -0.300. The molecule has 0 aliphatic heterocycles. The zero-order valence-corrected chi connectivity index (χ0v) is 8.17. The standard InChI is InChI=1S/C11H18O/c1-7(2)9-4-8-5-11(9,3)6-10(8)12/h4,7-8,10,12H,5-6H2,1-3H3. The van der Waals surface area contributed by atoms with Crippen LogP contribution in [0.5, 0.6) is 0 Å². The fourth-order valence-electron chi connectivity index (χ4n) is 3.08. The third-order valence-electron chi connectivity index (χ3n) is 3.55. The summed E-state index contributed by atoms with van der Waals surface area (Å²) in [5, 5.41) is 9.64. The molecule has 0 heterocycles. The van der Waals surface area contributed by atoms with Gasteiger partial charge in [0.25, 0.3) is 0 Å². The minimum atomic E-state index is -0.0579. The molecule has 0 aromatic carbocycles. The summed E-state index contributed by atoms with van der Waals surface area (Å²) in [5.41, 5.74) is 1.91. The third-order valence-corrected chi connectivity index (χ3v) is 3.55. The first-order valence-electron chi connectivity index (χ1n) is 4.93. The van der Waals surface area contributed by atoms with Gasteiger partial charge in [-0.3, -0.25) is 0 Å². The van der Waals surface area contributed by atoms with Gasteiger partial charge < -0.3 is 5.11 Å². The lowest BCUT2D eigenvalue weighted by Gasteiger charge is -2.29. The largest absolute Gasteiger partial charge is 0.392 e. The van der Waals surface area contributed by atoms with Gasteiger partial charge in [0.05, 0.1) is 6.10 Å². The van der Waals surface area contributed by atoms with Gasteiger partial charge in [0.15, 0.2) is 0 Å². The zero-order valence-electron chi connectivity index (χ0n) is 8.17. The Morgan fingerprint density at radius 3 is 2.50 bits per heavy atom. The molecule has 2 aliphatic carbocycles. The molecule has 68 valence electrons. The van der Waals surface area contributed by atoms with Gasteiger partial charge in [0.1, 0.15) is 0 Å². The molecule has 1 nitrogen and oxygen atoms in total. The zero-order chi connectivity index (χ0) is 8.93. The van der Waals surface area contributed by atoms with Crippen LogP contribution in [0.1, 0.15) is 33.6 Å². The molecule has 0 spiro atoms. The van der Waals surface area contributed by atoms with Gasteiger partial charge in [-0.15, -0.1) is 0 Å². The average molecular weight is 166 g/mol. The molecule has 3 unspecified atom stereocenters. The summed E-state index contributed by atoms with van der Waals surface area (Å²) in [7, 11) is 0. The van der Waals surface area contributed by atoms with E-state index in [1.54, 1.807) is 5.57 Å². The second kappa shape index (κ2) is 2.35. The number of hydrogen-bond donors (Lipinski definition) is 1. The number of hydrogen-bond acceptors (Lipinski definition) is 1. The number of aliphatic hydroxyl groups excluding tert-OH is 1. The van der Waals surface area contributed by atoms with Crippen LogP contribution in [0.15, 0.2) is 11.6 Å². The molecule has 12 heavy (non-hydrogen) atoms. The highest BCUT2D eigenvalue weighted by Crippen LogP contribution is 2.55. The van der Waals surface area contributed by atoms with Gasteiger partial charge in [-0.05, 0) is 24.2 Å². The lowest BCUT2D eigenvalue weighted by Crippen LogP contribution is -2.22. The van der Waals surface area contributed by atoms with Crippen LogP contribution in [-0.4, -0.2) is 11.2 Å². The van der Waals surface area contributed by atoms with Crippen molar-refractivity contribution in [2.75, 3.05) is 0 Å². The van der Waals surface area contributed by atoms with Gasteiger partial charge >= 0.3 is 0 Å². The molecule has 2 aliphatic rings. The van der Waals surface area contributed by atoms with Crippen LogP contribution in [0.4, 0.5) is 0 Å². The summed E-state index contributed by atoms with van der Waals surface area (Å²) in [4.78, 5) is 0. The molecule has 1 N–H and O–H groups in total. The van der Waals surface area contributed by atoms with Crippen molar-refractivity contribution in [3.8, 4) is 0 Å². The highest BCUT2D eigenvalue weighted by atomic mass is 16.3. The van der Waals surface area contributed by atoms with Crippen molar-refractivity contribution >= 4 is 0 Å². The van der Waals surface area contributed by atoms with E-state index in [0.717, 1.165) is 6.42 Å². The molecular weight excluding hydrogens is 148 g/mol. The fourth-order valence-corrected chi connectivity index (χ4v) is 3.08. The van der Waals surface area contributed by atoms with Crippen molar-refractivity contribution in [1.82, 2.24) is 0 Å². The summed E-state index contributed by atoms with van der Waals surface area (Å²) < 4.78 is 0. The van der Waals surface area contributed by atoms with Gasteiger partial charge in [0.2, 0.25) is 0 Å². The van der Waals surface area contributed by atoms with Crippen LogP contribution in [-0.2, 0) is 0 Å². The summed E-state index contributed by atoms with van der Waals surface area (Å²) in [5.74, 6) is 1.12. The van der Waals surface area contributed by atoms with Crippen LogP contribution in [0.25, 0.3) is 0 Å². The lowest BCUT2D eigenvalue weighted by atomic mass is 9.77. The van der Waals surface area contributed by atoms with Gasteiger partial charge in [-0.1, -0.05) is 32.4 Å². The summed E-state index contributed by atoms with van der Waals surface area (Å²) in [6.07, 6.45) is 4.43. The topological polar surface area (TPSA) is 20.2 Å². The molecule has 1 saturated carbocycles. The Balaban J connectivity index is 2.30.